The van der Waals surface area contributed by atoms with Crippen LogP contribution in [-0.4, -0.2) is 22.9 Å². The van der Waals surface area contributed by atoms with E-state index in [1.165, 1.54) is 6.07 Å². The molecule has 0 unspecified atom stereocenters. The molecule has 160 valence electrons. The second-order valence-corrected chi connectivity index (χ2v) is 7.18. The maximum atomic E-state index is 13.8. The predicted molar refractivity (Wildman–Crippen MR) is 120 cm³/mol. The molecule has 5 nitrogen and oxygen atoms in total. The first-order valence-corrected chi connectivity index (χ1v) is 10.1. The molecule has 2 heterocycles. The summed E-state index contributed by atoms with van der Waals surface area (Å²) in [6.45, 7) is 1.60. The lowest BCUT2D eigenvalue weighted by Crippen LogP contribution is -2.08. The summed E-state index contributed by atoms with van der Waals surface area (Å²) >= 11 is 0. The monoisotopic (exact) mass is 428 g/mol. The number of carbonyl (C=O) groups is 1. The van der Waals surface area contributed by atoms with Gasteiger partial charge < -0.3 is 9.47 Å². The molecule has 2 aromatic heterocycles. The molecular formula is C26H21FN2O3. The van der Waals surface area contributed by atoms with Crippen LogP contribution in [0.1, 0.15) is 21.6 Å². The molecule has 6 heteroatoms. The van der Waals surface area contributed by atoms with Gasteiger partial charge in [-0.1, -0.05) is 24.3 Å². The lowest BCUT2D eigenvalue weighted by Gasteiger charge is -2.12. The van der Waals surface area contributed by atoms with Gasteiger partial charge in [0.2, 0.25) is 5.88 Å². The summed E-state index contributed by atoms with van der Waals surface area (Å²) in [4.78, 5) is 21.2. The van der Waals surface area contributed by atoms with Gasteiger partial charge in [0.15, 0.2) is 5.78 Å². The minimum Gasteiger partial charge on any atom is -0.496 e. The van der Waals surface area contributed by atoms with E-state index in [2.05, 4.69) is 9.97 Å². The highest BCUT2D eigenvalue weighted by molar-refractivity contribution is 5.98. The van der Waals surface area contributed by atoms with Gasteiger partial charge in [0.1, 0.15) is 17.3 Å². The quantitative estimate of drug-likeness (QED) is 0.347. The largest absolute Gasteiger partial charge is 0.496 e. The zero-order valence-corrected chi connectivity index (χ0v) is 17.7. The Morgan fingerprint density at radius 3 is 2.59 bits per heavy atom. The molecule has 2 aromatic carbocycles. The number of carbonyl (C=O) groups excluding carboxylic acids is 1. The Morgan fingerprint density at radius 2 is 1.88 bits per heavy atom. The summed E-state index contributed by atoms with van der Waals surface area (Å²) in [5.41, 5.74) is 2.93. The Hall–Kier alpha value is -4.06. The van der Waals surface area contributed by atoms with E-state index in [-0.39, 0.29) is 18.0 Å². The van der Waals surface area contributed by atoms with Gasteiger partial charge in [0, 0.05) is 40.8 Å². The lowest BCUT2D eigenvalue weighted by atomic mass is 10.00. The lowest BCUT2D eigenvalue weighted by molar-refractivity contribution is 0.0991. The van der Waals surface area contributed by atoms with E-state index in [1.807, 2.05) is 30.3 Å². The average molecular weight is 428 g/mol. The minimum absolute atomic E-state index is 0.0878. The zero-order chi connectivity index (χ0) is 22.5. The van der Waals surface area contributed by atoms with Gasteiger partial charge in [-0.25, -0.2) is 9.37 Å². The molecule has 0 aliphatic heterocycles. The average Bonchev–Trinajstić information content (AvgIpc) is 2.82. The van der Waals surface area contributed by atoms with Gasteiger partial charge in [-0.15, -0.1) is 0 Å². The third kappa shape index (κ3) is 4.64. The Bertz CT molecular complexity index is 1240. The normalized spacial score (nSPS) is 10.6. The van der Waals surface area contributed by atoms with Crippen LogP contribution >= 0.6 is 0 Å². The summed E-state index contributed by atoms with van der Waals surface area (Å²) in [5.74, 6) is 1.20. The van der Waals surface area contributed by atoms with Gasteiger partial charge >= 0.3 is 0 Å². The van der Waals surface area contributed by atoms with E-state index in [0.29, 0.717) is 34.2 Å². The van der Waals surface area contributed by atoms with Crippen LogP contribution in [0.3, 0.4) is 0 Å². The summed E-state index contributed by atoms with van der Waals surface area (Å²) in [6.07, 6.45) is 3.43. The van der Waals surface area contributed by atoms with Gasteiger partial charge in [-0.05, 0) is 48.9 Å². The van der Waals surface area contributed by atoms with E-state index < -0.39 is 0 Å². The molecule has 0 saturated carbocycles. The number of hydrogen-bond donors (Lipinski definition) is 0. The van der Waals surface area contributed by atoms with Crippen LogP contribution in [-0.2, 0) is 6.42 Å². The molecule has 0 aliphatic rings. The van der Waals surface area contributed by atoms with Crippen LogP contribution in [0.15, 0.2) is 79.1 Å². The molecule has 0 fully saturated rings. The smallest absolute Gasteiger partial charge is 0.219 e. The summed E-state index contributed by atoms with van der Waals surface area (Å²) in [5, 5.41) is 0. The molecule has 0 saturated heterocycles. The van der Waals surface area contributed by atoms with E-state index in [4.69, 9.17) is 9.47 Å². The maximum Gasteiger partial charge on any atom is 0.219 e. The van der Waals surface area contributed by atoms with Crippen molar-refractivity contribution in [3.05, 3.63) is 102 Å². The number of benzene rings is 2. The molecule has 4 rings (SSSR count). The number of pyridine rings is 2. The van der Waals surface area contributed by atoms with Gasteiger partial charge in [-0.2, -0.15) is 0 Å². The van der Waals surface area contributed by atoms with Crippen molar-refractivity contribution < 1.29 is 18.7 Å². The highest BCUT2D eigenvalue weighted by Crippen LogP contribution is 2.34. The van der Waals surface area contributed by atoms with Crippen LogP contribution < -0.4 is 9.47 Å². The van der Waals surface area contributed by atoms with Crippen molar-refractivity contribution >= 4 is 5.78 Å². The molecule has 0 aliphatic carbocycles. The predicted octanol–water partition coefficient (Wildman–Crippen LogP) is 5.82. The second kappa shape index (κ2) is 9.39. The number of Topliss-reactive ketones (excluding diaryl/α,β-unsaturated/α-hetero) is 1. The molecule has 0 radical (unpaired) electrons. The Morgan fingerprint density at radius 1 is 1.00 bits per heavy atom. The zero-order valence-electron chi connectivity index (χ0n) is 17.7. The van der Waals surface area contributed by atoms with Crippen LogP contribution in [0.2, 0.25) is 0 Å². The molecule has 32 heavy (non-hydrogen) atoms. The summed E-state index contributed by atoms with van der Waals surface area (Å²) in [6, 6.07) is 19.1. The first-order chi connectivity index (χ1) is 15.5. The Balaban J connectivity index is 1.56. The molecule has 0 atom stereocenters. The number of methoxy groups -OCH3 is 1. The summed E-state index contributed by atoms with van der Waals surface area (Å²) < 4.78 is 25.1. The number of ether oxygens (including phenoxy) is 2. The van der Waals surface area contributed by atoms with Crippen molar-refractivity contribution in [2.24, 2.45) is 0 Å². The first kappa shape index (κ1) is 21.2. The van der Waals surface area contributed by atoms with Gasteiger partial charge in [0.25, 0.3) is 0 Å². The van der Waals surface area contributed by atoms with E-state index in [0.717, 1.165) is 11.1 Å². The van der Waals surface area contributed by atoms with E-state index >= 15 is 0 Å². The molecule has 0 N–H and O–H groups in total. The first-order valence-electron chi connectivity index (χ1n) is 10.1. The molecule has 0 bridgehead atoms. The third-order valence-electron chi connectivity index (χ3n) is 5.08. The van der Waals surface area contributed by atoms with Crippen LogP contribution in [0.4, 0.5) is 4.39 Å². The van der Waals surface area contributed by atoms with Gasteiger partial charge in [0.05, 0.1) is 13.5 Å². The summed E-state index contributed by atoms with van der Waals surface area (Å²) in [7, 11) is 1.60. The number of rotatable bonds is 7. The molecule has 0 spiro atoms. The minimum atomic E-state index is -0.390. The fraction of sp³-hybridized carbons (Fsp3) is 0.115. The van der Waals surface area contributed by atoms with Crippen LogP contribution in [0, 0.1) is 12.7 Å². The topological polar surface area (TPSA) is 61.3 Å². The number of nitrogens with zero attached hydrogens (tertiary/aromatic N) is 2. The molecule has 4 aromatic rings. The number of halogens is 1. The Labute approximate surface area is 185 Å². The van der Waals surface area contributed by atoms with Crippen molar-refractivity contribution in [2.45, 2.75) is 13.3 Å². The number of aromatic nitrogens is 2. The number of ketones is 1. The van der Waals surface area contributed by atoms with Crippen molar-refractivity contribution in [1.29, 1.82) is 0 Å². The SMILES string of the molecule is COc1ccc(Oc2ccccn2)cc1-c1ccc(CC(=O)c2cccc(F)c2C)nc1. The van der Waals surface area contributed by atoms with E-state index in [1.54, 1.807) is 56.8 Å². The van der Waals surface area contributed by atoms with Crippen molar-refractivity contribution in [1.82, 2.24) is 9.97 Å². The third-order valence-corrected chi connectivity index (χ3v) is 5.08. The standard InChI is InChI=1S/C26H21FN2O3/c1-17-21(6-5-7-23(17)27)24(30)14-19-10-9-18(16-29-19)22-15-20(11-12-25(22)31-2)32-26-8-3-4-13-28-26/h3-13,15-16H,14H2,1-2H3. The highest BCUT2D eigenvalue weighted by atomic mass is 19.1. The van der Waals surface area contributed by atoms with Gasteiger partial charge in [-0.3, -0.25) is 9.78 Å². The molecular weight excluding hydrogens is 407 g/mol. The highest BCUT2D eigenvalue weighted by Gasteiger charge is 2.14. The Kier molecular flexibility index (Phi) is 6.22. The fourth-order valence-corrected chi connectivity index (χ4v) is 3.36. The van der Waals surface area contributed by atoms with Crippen molar-refractivity contribution in [2.75, 3.05) is 7.11 Å². The number of hydrogen-bond acceptors (Lipinski definition) is 5. The maximum absolute atomic E-state index is 13.8. The molecule has 0 amide bonds. The second-order valence-electron chi connectivity index (χ2n) is 7.18. The van der Waals surface area contributed by atoms with Crippen molar-refractivity contribution in [3.63, 3.8) is 0 Å². The van der Waals surface area contributed by atoms with Crippen molar-refractivity contribution in [3.8, 4) is 28.5 Å². The van der Waals surface area contributed by atoms with E-state index in [9.17, 15) is 9.18 Å². The van der Waals surface area contributed by atoms with Crippen LogP contribution in [0.5, 0.6) is 17.4 Å². The van der Waals surface area contributed by atoms with Crippen LogP contribution in [0.25, 0.3) is 11.1 Å². The fourth-order valence-electron chi connectivity index (χ4n) is 3.36.